The third-order valence-electron chi connectivity index (χ3n) is 3.42. The van der Waals surface area contributed by atoms with Crippen molar-refractivity contribution in [2.24, 2.45) is 11.7 Å². The number of nitrogens with two attached hydrogens (primary N) is 1. The first-order valence-corrected chi connectivity index (χ1v) is 6.15. The summed E-state index contributed by atoms with van der Waals surface area (Å²) in [4.78, 5) is 24.7. The minimum absolute atomic E-state index is 0.0298. The van der Waals surface area contributed by atoms with E-state index in [4.69, 9.17) is 5.73 Å². The summed E-state index contributed by atoms with van der Waals surface area (Å²) in [5, 5.41) is 2.88. The van der Waals surface area contributed by atoms with E-state index in [1.165, 1.54) is 0 Å². The standard InChI is InChI=1S/C12H19N3O2/c13-10-4-3-9(8-10)12(17)14-5-7-15-6-1-2-11(15)16/h1-2,9-10H,3-8,13H2,(H,14,17)/t9-,10+/m1/s1. The molecule has 1 saturated carbocycles. The van der Waals surface area contributed by atoms with Gasteiger partial charge in [-0.05, 0) is 19.3 Å². The van der Waals surface area contributed by atoms with Crippen molar-refractivity contribution in [3.8, 4) is 0 Å². The van der Waals surface area contributed by atoms with Crippen LogP contribution in [0, 0.1) is 5.92 Å². The number of amides is 2. The van der Waals surface area contributed by atoms with Gasteiger partial charge in [0.05, 0.1) is 0 Å². The average Bonchev–Trinajstić information content (AvgIpc) is 2.88. The van der Waals surface area contributed by atoms with Gasteiger partial charge in [-0.25, -0.2) is 0 Å². The highest BCUT2D eigenvalue weighted by atomic mass is 16.2. The van der Waals surface area contributed by atoms with E-state index in [0.29, 0.717) is 19.6 Å². The largest absolute Gasteiger partial charge is 0.354 e. The van der Waals surface area contributed by atoms with Crippen LogP contribution in [0.15, 0.2) is 12.2 Å². The van der Waals surface area contributed by atoms with Crippen molar-refractivity contribution < 1.29 is 9.59 Å². The van der Waals surface area contributed by atoms with Crippen molar-refractivity contribution >= 4 is 11.8 Å². The molecule has 1 aliphatic heterocycles. The molecule has 1 fully saturated rings. The molecule has 2 aliphatic rings. The van der Waals surface area contributed by atoms with Gasteiger partial charge in [-0.2, -0.15) is 0 Å². The molecule has 0 unspecified atom stereocenters. The molecule has 3 N–H and O–H groups in total. The number of carbonyl (C=O) groups excluding carboxylic acids is 2. The Labute approximate surface area is 101 Å². The van der Waals surface area contributed by atoms with Crippen LogP contribution in [0.3, 0.4) is 0 Å². The van der Waals surface area contributed by atoms with Gasteiger partial charge in [0.1, 0.15) is 0 Å². The SMILES string of the molecule is N[C@H]1CC[C@@H](C(=O)NCCN2CC=CC2=O)C1. The van der Waals surface area contributed by atoms with Crippen LogP contribution in [-0.4, -0.2) is 42.4 Å². The number of hydrogen-bond acceptors (Lipinski definition) is 3. The minimum Gasteiger partial charge on any atom is -0.354 e. The van der Waals surface area contributed by atoms with Gasteiger partial charge in [0.2, 0.25) is 11.8 Å². The first-order valence-electron chi connectivity index (χ1n) is 6.15. The van der Waals surface area contributed by atoms with E-state index in [0.717, 1.165) is 19.3 Å². The van der Waals surface area contributed by atoms with Crippen LogP contribution in [0.2, 0.25) is 0 Å². The Morgan fingerprint density at radius 1 is 1.53 bits per heavy atom. The Bertz CT molecular complexity index is 341. The number of carbonyl (C=O) groups is 2. The molecule has 0 aromatic heterocycles. The summed E-state index contributed by atoms with van der Waals surface area (Å²) in [6.45, 7) is 1.76. The zero-order valence-electron chi connectivity index (χ0n) is 9.89. The lowest BCUT2D eigenvalue weighted by atomic mass is 10.1. The zero-order chi connectivity index (χ0) is 12.3. The first-order chi connectivity index (χ1) is 8.16. The average molecular weight is 237 g/mol. The molecule has 0 aromatic carbocycles. The molecule has 94 valence electrons. The summed E-state index contributed by atoms with van der Waals surface area (Å²) in [6.07, 6.45) is 6.01. The van der Waals surface area contributed by atoms with E-state index in [1.54, 1.807) is 11.0 Å². The highest BCUT2D eigenvalue weighted by Crippen LogP contribution is 2.23. The Morgan fingerprint density at radius 2 is 2.35 bits per heavy atom. The Hall–Kier alpha value is -1.36. The van der Waals surface area contributed by atoms with Crippen molar-refractivity contribution in [2.75, 3.05) is 19.6 Å². The Morgan fingerprint density at radius 3 is 2.94 bits per heavy atom. The Balaban J connectivity index is 1.65. The predicted molar refractivity (Wildman–Crippen MR) is 64.0 cm³/mol. The Kier molecular flexibility index (Phi) is 3.78. The topological polar surface area (TPSA) is 75.4 Å². The summed E-state index contributed by atoms with van der Waals surface area (Å²) in [6, 6.07) is 0.176. The highest BCUT2D eigenvalue weighted by Gasteiger charge is 2.27. The summed E-state index contributed by atoms with van der Waals surface area (Å²) >= 11 is 0. The molecule has 0 radical (unpaired) electrons. The fourth-order valence-corrected chi connectivity index (χ4v) is 2.39. The zero-order valence-corrected chi connectivity index (χ0v) is 9.89. The maximum atomic E-state index is 11.8. The molecule has 2 rings (SSSR count). The summed E-state index contributed by atoms with van der Waals surface area (Å²) in [5.74, 6) is 0.178. The van der Waals surface area contributed by atoms with E-state index in [1.807, 2.05) is 6.08 Å². The number of nitrogens with one attached hydrogen (secondary N) is 1. The van der Waals surface area contributed by atoms with Crippen molar-refractivity contribution in [3.05, 3.63) is 12.2 Å². The monoisotopic (exact) mass is 237 g/mol. The lowest BCUT2D eigenvalue weighted by molar-refractivity contribution is -0.127. The van der Waals surface area contributed by atoms with Crippen LogP contribution >= 0.6 is 0 Å². The summed E-state index contributed by atoms with van der Waals surface area (Å²) in [7, 11) is 0. The van der Waals surface area contributed by atoms with Crippen LogP contribution in [0.5, 0.6) is 0 Å². The quantitative estimate of drug-likeness (QED) is 0.700. The van der Waals surface area contributed by atoms with Crippen molar-refractivity contribution in [1.29, 1.82) is 0 Å². The van der Waals surface area contributed by atoms with Gasteiger partial charge in [-0.15, -0.1) is 0 Å². The van der Waals surface area contributed by atoms with E-state index >= 15 is 0 Å². The van der Waals surface area contributed by atoms with Crippen molar-refractivity contribution in [3.63, 3.8) is 0 Å². The lowest BCUT2D eigenvalue weighted by Gasteiger charge is -2.17. The van der Waals surface area contributed by atoms with Gasteiger partial charge in [0.15, 0.2) is 0 Å². The molecule has 0 saturated heterocycles. The molecular weight excluding hydrogens is 218 g/mol. The van der Waals surface area contributed by atoms with Gasteiger partial charge >= 0.3 is 0 Å². The van der Waals surface area contributed by atoms with Gasteiger partial charge < -0.3 is 16.0 Å². The molecule has 5 heteroatoms. The van der Waals surface area contributed by atoms with Gasteiger partial charge in [0, 0.05) is 37.7 Å². The van der Waals surface area contributed by atoms with Gasteiger partial charge in [0.25, 0.3) is 0 Å². The molecule has 1 heterocycles. The lowest BCUT2D eigenvalue weighted by Crippen LogP contribution is -2.38. The summed E-state index contributed by atoms with van der Waals surface area (Å²) < 4.78 is 0. The molecule has 1 aliphatic carbocycles. The number of hydrogen-bond donors (Lipinski definition) is 2. The maximum absolute atomic E-state index is 11.8. The molecule has 0 bridgehead atoms. The second-order valence-electron chi connectivity index (χ2n) is 4.75. The third-order valence-corrected chi connectivity index (χ3v) is 3.42. The van der Waals surface area contributed by atoms with Crippen LogP contribution < -0.4 is 11.1 Å². The van der Waals surface area contributed by atoms with Crippen molar-refractivity contribution in [1.82, 2.24) is 10.2 Å². The van der Waals surface area contributed by atoms with E-state index in [2.05, 4.69) is 5.32 Å². The second-order valence-corrected chi connectivity index (χ2v) is 4.75. The van der Waals surface area contributed by atoms with E-state index in [-0.39, 0.29) is 23.8 Å². The third kappa shape index (κ3) is 3.06. The van der Waals surface area contributed by atoms with Crippen molar-refractivity contribution in [2.45, 2.75) is 25.3 Å². The maximum Gasteiger partial charge on any atom is 0.246 e. The molecule has 0 spiro atoms. The normalized spacial score (nSPS) is 27.8. The van der Waals surface area contributed by atoms with E-state index < -0.39 is 0 Å². The molecule has 2 amide bonds. The fraction of sp³-hybridized carbons (Fsp3) is 0.667. The smallest absolute Gasteiger partial charge is 0.246 e. The fourth-order valence-electron chi connectivity index (χ4n) is 2.39. The van der Waals surface area contributed by atoms with Crippen LogP contribution in [-0.2, 0) is 9.59 Å². The molecule has 5 nitrogen and oxygen atoms in total. The predicted octanol–water partition coefficient (Wildman–Crippen LogP) is -0.372. The van der Waals surface area contributed by atoms with Crippen LogP contribution in [0.25, 0.3) is 0 Å². The summed E-state index contributed by atoms with van der Waals surface area (Å²) in [5.41, 5.74) is 5.77. The molecular formula is C12H19N3O2. The first kappa shape index (κ1) is 12.1. The van der Waals surface area contributed by atoms with Gasteiger partial charge in [-0.3, -0.25) is 9.59 Å². The molecule has 0 aromatic rings. The van der Waals surface area contributed by atoms with E-state index in [9.17, 15) is 9.59 Å². The molecule has 2 atom stereocenters. The minimum atomic E-state index is 0.0298. The molecule has 17 heavy (non-hydrogen) atoms. The van der Waals surface area contributed by atoms with Crippen LogP contribution in [0.4, 0.5) is 0 Å². The van der Waals surface area contributed by atoms with Gasteiger partial charge in [-0.1, -0.05) is 6.08 Å². The number of rotatable bonds is 4. The van der Waals surface area contributed by atoms with Crippen LogP contribution in [0.1, 0.15) is 19.3 Å². The second kappa shape index (κ2) is 5.31. The number of nitrogens with zero attached hydrogens (tertiary/aromatic N) is 1. The highest BCUT2D eigenvalue weighted by molar-refractivity contribution is 5.90.